The summed E-state index contributed by atoms with van der Waals surface area (Å²) in [5.74, 6) is 7.19. The van der Waals surface area contributed by atoms with E-state index in [2.05, 4.69) is 32.1 Å². The zero-order valence-corrected chi connectivity index (χ0v) is 25.5. The molecule has 0 radical (unpaired) electrons. The summed E-state index contributed by atoms with van der Waals surface area (Å²) in [4.78, 5) is 13.1. The van der Waals surface area contributed by atoms with Crippen LogP contribution in [0.15, 0.2) is 65.8 Å². The van der Waals surface area contributed by atoms with Crippen LogP contribution in [0.1, 0.15) is 35.5 Å². The van der Waals surface area contributed by atoms with Crippen LogP contribution in [-0.4, -0.2) is 62.6 Å². The Morgan fingerprint density at radius 1 is 1.14 bits per heavy atom. The van der Waals surface area contributed by atoms with Crippen LogP contribution in [0.3, 0.4) is 0 Å². The van der Waals surface area contributed by atoms with Crippen LogP contribution in [0.5, 0.6) is 5.75 Å². The molecule has 0 saturated carbocycles. The lowest BCUT2D eigenvalue weighted by molar-refractivity contribution is -0.198. The maximum absolute atomic E-state index is 12.8. The van der Waals surface area contributed by atoms with Gasteiger partial charge < -0.3 is 19.5 Å². The fraction of sp³-hybridized carbons (Fsp3) is 0.323. The van der Waals surface area contributed by atoms with Gasteiger partial charge in [0.2, 0.25) is 0 Å². The van der Waals surface area contributed by atoms with E-state index in [1.54, 1.807) is 37.7 Å². The molecule has 1 N–H and O–H groups in total. The minimum absolute atomic E-state index is 0.0775. The normalized spacial score (nSPS) is 16.1. The van der Waals surface area contributed by atoms with Crippen molar-refractivity contribution in [1.29, 1.82) is 0 Å². The van der Waals surface area contributed by atoms with Gasteiger partial charge in [-0.15, -0.1) is 11.3 Å². The predicted molar refractivity (Wildman–Crippen MR) is 165 cm³/mol. The number of hydrogen-bond donors (Lipinski definition) is 1. The molecule has 4 aromatic rings. The number of aryl methyl sites for hydroxylation is 1. The zero-order chi connectivity index (χ0) is 30.1. The predicted octanol–water partition coefficient (Wildman–Crippen LogP) is 5.20. The molecule has 5 rings (SSSR count). The Morgan fingerprint density at radius 3 is 2.74 bits per heavy atom. The quantitative estimate of drug-likeness (QED) is 0.177. The number of fused-ring (bicyclic) bond motifs is 1. The average molecular weight is 621 g/mol. The Morgan fingerprint density at radius 2 is 2.00 bits per heavy atom. The lowest BCUT2D eigenvalue weighted by atomic mass is 10.2. The highest BCUT2D eigenvalue weighted by Crippen LogP contribution is 2.27. The van der Waals surface area contributed by atoms with Crippen molar-refractivity contribution in [2.75, 3.05) is 32.2 Å². The van der Waals surface area contributed by atoms with Crippen LogP contribution >= 0.6 is 11.3 Å². The van der Waals surface area contributed by atoms with E-state index in [0.717, 1.165) is 40.1 Å². The first kappa shape index (κ1) is 30.6. The van der Waals surface area contributed by atoms with Crippen molar-refractivity contribution in [3.63, 3.8) is 0 Å². The summed E-state index contributed by atoms with van der Waals surface area (Å²) in [7, 11) is -2.18. The number of nitrogens with one attached hydrogen (secondary N) is 1. The number of nitrogens with zero attached hydrogens (tertiary/aromatic N) is 3. The van der Waals surface area contributed by atoms with Gasteiger partial charge in [-0.2, -0.15) is 8.42 Å². The first-order valence-corrected chi connectivity index (χ1v) is 16.0. The van der Waals surface area contributed by atoms with E-state index in [-0.39, 0.29) is 18.1 Å². The lowest BCUT2D eigenvalue weighted by Crippen LogP contribution is -2.35. The monoisotopic (exact) mass is 620 g/mol. The minimum atomic E-state index is -3.96. The number of anilines is 1. The number of thiazole rings is 1. The largest absolute Gasteiger partial charge is 0.491 e. The summed E-state index contributed by atoms with van der Waals surface area (Å²) in [6, 6.07) is 12.1. The van der Waals surface area contributed by atoms with Gasteiger partial charge in [-0.3, -0.25) is 4.18 Å². The van der Waals surface area contributed by atoms with E-state index in [1.165, 1.54) is 23.5 Å². The van der Waals surface area contributed by atoms with Gasteiger partial charge >= 0.3 is 0 Å². The molecule has 2 unspecified atom stereocenters. The van der Waals surface area contributed by atoms with Crippen LogP contribution in [-0.2, 0) is 23.8 Å². The van der Waals surface area contributed by atoms with Crippen molar-refractivity contribution in [2.45, 2.75) is 43.5 Å². The van der Waals surface area contributed by atoms with Gasteiger partial charge in [0.1, 0.15) is 35.0 Å². The van der Waals surface area contributed by atoms with Crippen LogP contribution in [0.2, 0.25) is 0 Å². The maximum atomic E-state index is 12.8. The molecule has 1 aliphatic rings. The first-order chi connectivity index (χ1) is 20.9. The van der Waals surface area contributed by atoms with E-state index >= 15 is 0 Å². The summed E-state index contributed by atoms with van der Waals surface area (Å²) < 4.78 is 49.7. The Labute approximate surface area is 255 Å². The summed E-state index contributed by atoms with van der Waals surface area (Å²) in [6.07, 6.45) is 8.37. The first-order valence-electron chi connectivity index (χ1n) is 13.8. The minimum Gasteiger partial charge on any atom is -0.491 e. The van der Waals surface area contributed by atoms with Crippen LogP contribution in [0, 0.1) is 18.8 Å². The molecule has 1 aliphatic heterocycles. The smallest absolute Gasteiger partial charge is 0.297 e. The zero-order valence-electron chi connectivity index (χ0n) is 23.9. The van der Waals surface area contributed by atoms with Crippen molar-refractivity contribution in [1.82, 2.24) is 15.0 Å². The van der Waals surface area contributed by atoms with Gasteiger partial charge in [0.15, 0.2) is 6.29 Å². The molecule has 1 saturated heterocycles. The van der Waals surface area contributed by atoms with Crippen molar-refractivity contribution in [2.24, 2.45) is 0 Å². The molecule has 2 aromatic heterocycles. The molecule has 12 heteroatoms. The molecule has 43 heavy (non-hydrogen) atoms. The average Bonchev–Trinajstić information content (AvgIpc) is 3.44. The highest BCUT2D eigenvalue weighted by atomic mass is 32.2. The highest BCUT2D eigenvalue weighted by Gasteiger charge is 2.24. The van der Waals surface area contributed by atoms with Gasteiger partial charge in [0, 0.05) is 13.7 Å². The molecule has 0 bridgehead atoms. The maximum Gasteiger partial charge on any atom is 0.297 e. The van der Waals surface area contributed by atoms with Crippen molar-refractivity contribution in [3.8, 4) is 17.6 Å². The van der Waals surface area contributed by atoms with Gasteiger partial charge in [-0.25, -0.2) is 15.0 Å². The van der Waals surface area contributed by atoms with E-state index in [4.69, 9.17) is 18.4 Å². The van der Waals surface area contributed by atoms with Gasteiger partial charge in [-0.1, -0.05) is 23.6 Å². The molecule has 2 atom stereocenters. The van der Waals surface area contributed by atoms with E-state index in [1.807, 2.05) is 31.2 Å². The van der Waals surface area contributed by atoms with E-state index < -0.39 is 22.5 Å². The van der Waals surface area contributed by atoms with Gasteiger partial charge in [0.05, 0.1) is 34.1 Å². The molecular weight excluding hydrogens is 588 g/mol. The summed E-state index contributed by atoms with van der Waals surface area (Å²) in [6.45, 7) is 2.36. The number of ether oxygens (including phenoxy) is 3. The number of hydrogen-bond acceptors (Lipinski definition) is 11. The molecule has 0 aliphatic carbocycles. The van der Waals surface area contributed by atoms with E-state index in [0.29, 0.717) is 23.9 Å². The fourth-order valence-electron chi connectivity index (χ4n) is 4.12. The second kappa shape index (κ2) is 14.5. The van der Waals surface area contributed by atoms with Crippen LogP contribution in [0.4, 0.5) is 5.82 Å². The Balaban J connectivity index is 1.22. The summed E-state index contributed by atoms with van der Waals surface area (Å²) in [5.41, 5.74) is 2.36. The Kier molecular flexibility index (Phi) is 10.3. The van der Waals surface area contributed by atoms with Crippen molar-refractivity contribution < 1.29 is 26.8 Å². The lowest BCUT2D eigenvalue weighted by Gasteiger charge is -2.27. The van der Waals surface area contributed by atoms with Gasteiger partial charge in [0.25, 0.3) is 10.1 Å². The molecule has 224 valence electrons. The molecule has 0 amide bonds. The van der Waals surface area contributed by atoms with Crippen LogP contribution < -0.4 is 10.1 Å². The molecule has 1 fully saturated rings. The Hall–Kier alpha value is -3.86. The summed E-state index contributed by atoms with van der Waals surface area (Å²) in [5, 5.41) is 3.71. The standard InChI is InChI=1S/C31H32N4O6S2/c1-22-10-13-26(14-11-22)43(36,37)40-21-25(41-31-9-5-6-16-38-31)20-39-24-12-15-27-28(17-24)42-30(35-27)8-4-3-7-23-18-34-29(32-2)19-33-23/h4,8,10-15,17-19,25,31H,5-6,9,16,20-21H2,1-2H3,(H,32,34). The fourth-order valence-corrected chi connectivity index (χ4v) is 5.96. The van der Waals surface area contributed by atoms with Crippen molar-refractivity contribution >= 4 is 43.6 Å². The topological polar surface area (TPSA) is 122 Å². The molecule has 2 aromatic carbocycles. The third kappa shape index (κ3) is 8.82. The third-order valence-corrected chi connectivity index (χ3v) is 8.71. The SMILES string of the molecule is CNc1cnc(C#CC=Cc2nc3ccc(OCC(COS(=O)(=O)c4ccc(C)cc4)OC4CCCCO4)cc3s2)cn1. The van der Waals surface area contributed by atoms with E-state index in [9.17, 15) is 8.42 Å². The number of benzene rings is 2. The van der Waals surface area contributed by atoms with Crippen molar-refractivity contribution in [3.05, 3.63) is 77.2 Å². The second-order valence-corrected chi connectivity index (χ2v) is 12.4. The number of rotatable bonds is 11. The van der Waals surface area contributed by atoms with Crippen LogP contribution in [0.25, 0.3) is 16.3 Å². The van der Waals surface area contributed by atoms with Gasteiger partial charge in [-0.05, 0) is 74.6 Å². The molecule has 3 heterocycles. The number of allylic oxidation sites excluding steroid dienone is 1. The second-order valence-electron chi connectivity index (χ2n) is 9.74. The highest BCUT2D eigenvalue weighted by molar-refractivity contribution is 7.86. The summed E-state index contributed by atoms with van der Waals surface area (Å²) >= 11 is 1.50. The molecular formula is C31H32N4O6S2. The Bertz CT molecular complexity index is 1710. The molecule has 0 spiro atoms. The number of aromatic nitrogens is 3. The molecule has 10 nitrogen and oxygen atoms in total. The third-order valence-electron chi connectivity index (χ3n) is 6.43.